The third kappa shape index (κ3) is 2.91. The lowest BCUT2D eigenvalue weighted by Gasteiger charge is -2.28. The summed E-state index contributed by atoms with van der Waals surface area (Å²) < 4.78 is 0. The summed E-state index contributed by atoms with van der Waals surface area (Å²) in [5.41, 5.74) is -0.292. The number of carbonyl (C=O) groups excluding carboxylic acids is 1. The first kappa shape index (κ1) is 15.5. The number of Topliss-reactive ketones (excluding diaryl/α,β-unsaturated/α-hetero) is 1. The highest BCUT2D eigenvalue weighted by atomic mass is 35.5. The molecule has 0 amide bonds. The van der Waals surface area contributed by atoms with Gasteiger partial charge in [0, 0.05) is 10.6 Å². The molecule has 3 rings (SSSR count). The normalized spacial score (nSPS) is 13.3. The molecule has 0 radical (unpaired) electrons. The Morgan fingerprint density at radius 2 is 1.22 bits per heavy atom. The molecule has 0 bridgehead atoms. The van der Waals surface area contributed by atoms with Gasteiger partial charge in [-0.15, -0.1) is 0 Å². The molecule has 1 N–H and O–H groups in total. The minimum Gasteiger partial charge on any atom is -0.373 e. The average Bonchev–Trinajstić information content (AvgIpc) is 2.62. The van der Waals surface area contributed by atoms with Gasteiger partial charge in [-0.1, -0.05) is 84.4 Å². The first-order valence-electron chi connectivity index (χ1n) is 7.26. The molecule has 0 aromatic heterocycles. The van der Waals surface area contributed by atoms with Crippen LogP contribution >= 0.6 is 11.6 Å². The number of hydrogen-bond acceptors (Lipinski definition) is 2. The van der Waals surface area contributed by atoms with E-state index in [1.165, 1.54) is 0 Å². The molecule has 0 fully saturated rings. The van der Waals surface area contributed by atoms with Gasteiger partial charge in [0.05, 0.1) is 0 Å². The smallest absolute Gasteiger partial charge is 0.203 e. The van der Waals surface area contributed by atoms with E-state index in [4.69, 9.17) is 11.6 Å². The van der Waals surface area contributed by atoms with Gasteiger partial charge in [-0.2, -0.15) is 0 Å². The van der Waals surface area contributed by atoms with Gasteiger partial charge < -0.3 is 5.11 Å². The van der Waals surface area contributed by atoms with E-state index >= 15 is 0 Å². The molecule has 0 aliphatic rings. The van der Waals surface area contributed by atoms with Crippen LogP contribution < -0.4 is 0 Å². The van der Waals surface area contributed by atoms with Crippen molar-refractivity contribution < 1.29 is 9.90 Å². The fourth-order valence-electron chi connectivity index (χ4n) is 2.60. The quantitative estimate of drug-likeness (QED) is 0.720. The Morgan fingerprint density at radius 1 is 0.739 bits per heavy atom. The maximum atomic E-state index is 13.1. The Bertz CT molecular complexity index is 798. The molecule has 1 atom stereocenters. The maximum Gasteiger partial charge on any atom is 0.203 e. The van der Waals surface area contributed by atoms with Crippen LogP contribution in [0.1, 0.15) is 21.5 Å². The lowest BCUT2D eigenvalue weighted by molar-refractivity contribution is 0.0488. The molecule has 0 aliphatic carbocycles. The SMILES string of the molecule is O=C(c1ccccc1)[C@@](O)(c1ccccc1)c1ccc(Cl)cc1. The van der Waals surface area contributed by atoms with Gasteiger partial charge in [-0.25, -0.2) is 0 Å². The lowest BCUT2D eigenvalue weighted by Crippen LogP contribution is -2.37. The number of aliphatic hydroxyl groups is 1. The number of halogens is 1. The number of rotatable bonds is 4. The van der Waals surface area contributed by atoms with Crippen LogP contribution in [0.3, 0.4) is 0 Å². The number of carbonyl (C=O) groups is 1. The molecular formula is C20H15ClO2. The van der Waals surface area contributed by atoms with E-state index in [0.717, 1.165) is 0 Å². The van der Waals surface area contributed by atoms with Crippen molar-refractivity contribution in [2.45, 2.75) is 5.60 Å². The molecule has 23 heavy (non-hydrogen) atoms. The Kier molecular flexibility index (Phi) is 4.28. The Hall–Kier alpha value is -2.42. The molecule has 2 nitrogen and oxygen atoms in total. The van der Waals surface area contributed by atoms with Crippen molar-refractivity contribution in [1.29, 1.82) is 0 Å². The standard InChI is InChI=1S/C20H15ClO2/c21-18-13-11-17(12-14-18)20(23,16-9-5-2-6-10-16)19(22)15-7-3-1-4-8-15/h1-14,23H/t20-/m1/s1. The van der Waals surface area contributed by atoms with Crippen molar-refractivity contribution in [1.82, 2.24) is 0 Å². The van der Waals surface area contributed by atoms with E-state index in [0.29, 0.717) is 21.7 Å². The Balaban J connectivity index is 2.18. The highest BCUT2D eigenvalue weighted by Gasteiger charge is 2.40. The summed E-state index contributed by atoms with van der Waals surface area (Å²) in [5.74, 6) is -0.369. The molecule has 0 aliphatic heterocycles. The summed E-state index contributed by atoms with van der Waals surface area (Å²) in [7, 11) is 0. The van der Waals surface area contributed by atoms with Crippen molar-refractivity contribution in [3.05, 3.63) is 107 Å². The van der Waals surface area contributed by atoms with Crippen LogP contribution in [-0.2, 0) is 5.60 Å². The van der Waals surface area contributed by atoms with E-state index in [-0.39, 0.29) is 5.78 Å². The van der Waals surface area contributed by atoms with E-state index in [9.17, 15) is 9.90 Å². The summed E-state index contributed by atoms with van der Waals surface area (Å²) in [4.78, 5) is 13.1. The molecule has 114 valence electrons. The Morgan fingerprint density at radius 3 is 1.78 bits per heavy atom. The predicted molar refractivity (Wildman–Crippen MR) is 91.7 cm³/mol. The van der Waals surface area contributed by atoms with Crippen LogP contribution in [0, 0.1) is 0 Å². The average molecular weight is 323 g/mol. The van der Waals surface area contributed by atoms with Gasteiger partial charge in [-0.05, 0) is 23.3 Å². The van der Waals surface area contributed by atoms with Crippen molar-refractivity contribution in [2.24, 2.45) is 0 Å². The van der Waals surface area contributed by atoms with Crippen LogP contribution in [0.25, 0.3) is 0 Å². The van der Waals surface area contributed by atoms with Crippen LogP contribution in [-0.4, -0.2) is 10.9 Å². The first-order valence-corrected chi connectivity index (χ1v) is 7.64. The second-order valence-corrected chi connectivity index (χ2v) is 5.71. The van der Waals surface area contributed by atoms with Gasteiger partial charge in [0.2, 0.25) is 5.78 Å². The molecule has 3 heteroatoms. The van der Waals surface area contributed by atoms with Crippen LogP contribution in [0.15, 0.2) is 84.9 Å². The van der Waals surface area contributed by atoms with Crippen LogP contribution in [0.2, 0.25) is 5.02 Å². The zero-order chi connectivity index (χ0) is 16.3. The zero-order valence-electron chi connectivity index (χ0n) is 12.3. The van der Waals surface area contributed by atoms with Crippen molar-refractivity contribution in [3.63, 3.8) is 0 Å². The molecule has 0 heterocycles. The van der Waals surface area contributed by atoms with Crippen molar-refractivity contribution >= 4 is 17.4 Å². The zero-order valence-corrected chi connectivity index (χ0v) is 13.1. The Labute approximate surface area is 140 Å². The highest BCUT2D eigenvalue weighted by Crippen LogP contribution is 2.33. The minimum absolute atomic E-state index is 0.369. The monoisotopic (exact) mass is 322 g/mol. The largest absolute Gasteiger partial charge is 0.373 e. The molecule has 3 aromatic carbocycles. The van der Waals surface area contributed by atoms with E-state index in [1.807, 2.05) is 12.1 Å². The molecule has 0 unspecified atom stereocenters. The van der Waals surface area contributed by atoms with Gasteiger partial charge in [0.25, 0.3) is 0 Å². The second kappa shape index (κ2) is 6.37. The number of ketones is 1. The lowest BCUT2D eigenvalue weighted by atomic mass is 9.80. The number of hydrogen-bond donors (Lipinski definition) is 1. The molecule has 0 saturated heterocycles. The van der Waals surface area contributed by atoms with Crippen molar-refractivity contribution in [3.8, 4) is 0 Å². The summed E-state index contributed by atoms with van der Waals surface area (Å²) in [6.45, 7) is 0. The summed E-state index contributed by atoms with van der Waals surface area (Å²) >= 11 is 5.94. The van der Waals surface area contributed by atoms with Gasteiger partial charge in [0.15, 0.2) is 5.60 Å². The summed E-state index contributed by atoms with van der Waals surface area (Å²) in [6.07, 6.45) is 0. The minimum atomic E-state index is -1.76. The number of benzene rings is 3. The van der Waals surface area contributed by atoms with E-state index < -0.39 is 5.60 Å². The second-order valence-electron chi connectivity index (χ2n) is 5.28. The molecular weight excluding hydrogens is 308 g/mol. The first-order chi connectivity index (χ1) is 11.1. The fourth-order valence-corrected chi connectivity index (χ4v) is 2.72. The topological polar surface area (TPSA) is 37.3 Å². The maximum absolute atomic E-state index is 13.1. The summed E-state index contributed by atoms with van der Waals surface area (Å²) in [6, 6.07) is 24.4. The summed E-state index contributed by atoms with van der Waals surface area (Å²) in [5, 5.41) is 11.9. The highest BCUT2D eigenvalue weighted by molar-refractivity contribution is 6.30. The molecule has 0 spiro atoms. The van der Waals surface area contributed by atoms with Crippen LogP contribution in [0.5, 0.6) is 0 Å². The van der Waals surface area contributed by atoms with Crippen LogP contribution in [0.4, 0.5) is 0 Å². The van der Waals surface area contributed by atoms with E-state index in [1.54, 1.807) is 72.8 Å². The van der Waals surface area contributed by atoms with Gasteiger partial charge in [0.1, 0.15) is 0 Å². The third-order valence-electron chi connectivity index (χ3n) is 3.82. The fraction of sp³-hybridized carbons (Fsp3) is 0.0500. The van der Waals surface area contributed by atoms with Gasteiger partial charge >= 0.3 is 0 Å². The third-order valence-corrected chi connectivity index (χ3v) is 4.07. The van der Waals surface area contributed by atoms with E-state index in [2.05, 4.69) is 0 Å². The molecule has 3 aromatic rings. The van der Waals surface area contributed by atoms with Gasteiger partial charge in [-0.3, -0.25) is 4.79 Å². The molecule has 0 saturated carbocycles. The predicted octanol–water partition coefficient (Wildman–Crippen LogP) is 4.46. The van der Waals surface area contributed by atoms with Crippen molar-refractivity contribution in [2.75, 3.05) is 0 Å².